The van der Waals surface area contributed by atoms with Gasteiger partial charge >= 0.3 is 6.09 Å². The van der Waals surface area contributed by atoms with E-state index in [9.17, 15) is 4.79 Å². The summed E-state index contributed by atoms with van der Waals surface area (Å²) in [4.78, 5) is 13.8. The number of fused-ring (bicyclic) bond motifs is 1. The standard InChI is InChI=1S/C18H15NO2/c1-2-15-9-6-10-16-11-19(12-17(15)16)18(20)21-13-14-7-4-3-5-8-14/h1,3-10H,11-13H2. The molecule has 3 rings (SSSR count). The molecule has 0 aliphatic carbocycles. The number of hydrogen-bond acceptors (Lipinski definition) is 2. The zero-order valence-electron chi connectivity index (χ0n) is 11.6. The number of amides is 1. The predicted molar refractivity (Wildman–Crippen MR) is 80.3 cm³/mol. The monoisotopic (exact) mass is 277 g/mol. The van der Waals surface area contributed by atoms with Crippen LogP contribution in [0, 0.1) is 12.3 Å². The van der Waals surface area contributed by atoms with Gasteiger partial charge in [-0.3, -0.25) is 4.90 Å². The number of carbonyl (C=O) groups excluding carboxylic acids is 1. The highest BCUT2D eigenvalue weighted by Gasteiger charge is 2.25. The van der Waals surface area contributed by atoms with Crippen LogP contribution in [0.5, 0.6) is 0 Å². The normalized spacial score (nSPS) is 12.6. The Kier molecular flexibility index (Phi) is 3.61. The quantitative estimate of drug-likeness (QED) is 0.788. The fourth-order valence-electron chi connectivity index (χ4n) is 2.50. The largest absolute Gasteiger partial charge is 0.445 e. The van der Waals surface area contributed by atoms with Crippen molar-refractivity contribution in [2.24, 2.45) is 0 Å². The highest BCUT2D eigenvalue weighted by molar-refractivity contribution is 5.69. The van der Waals surface area contributed by atoms with Gasteiger partial charge in [-0.15, -0.1) is 6.42 Å². The highest BCUT2D eigenvalue weighted by Crippen LogP contribution is 2.26. The third kappa shape index (κ3) is 2.75. The summed E-state index contributed by atoms with van der Waals surface area (Å²) < 4.78 is 5.35. The molecule has 1 amide bonds. The van der Waals surface area contributed by atoms with Gasteiger partial charge in [-0.2, -0.15) is 0 Å². The van der Waals surface area contributed by atoms with Crippen molar-refractivity contribution in [1.29, 1.82) is 0 Å². The summed E-state index contributed by atoms with van der Waals surface area (Å²) in [5.74, 6) is 2.67. The van der Waals surface area contributed by atoms with Gasteiger partial charge in [0.05, 0.1) is 6.54 Å². The first kappa shape index (κ1) is 13.3. The van der Waals surface area contributed by atoms with Crippen molar-refractivity contribution >= 4 is 6.09 Å². The smallest absolute Gasteiger partial charge is 0.410 e. The SMILES string of the molecule is C#Cc1cccc2c1CN(C(=O)OCc1ccccc1)C2. The zero-order chi connectivity index (χ0) is 14.7. The summed E-state index contributed by atoms with van der Waals surface area (Å²) in [6, 6.07) is 15.5. The molecule has 3 heteroatoms. The molecule has 0 N–H and O–H groups in total. The minimum Gasteiger partial charge on any atom is -0.445 e. The van der Waals surface area contributed by atoms with Gasteiger partial charge in [0.2, 0.25) is 0 Å². The highest BCUT2D eigenvalue weighted by atomic mass is 16.6. The van der Waals surface area contributed by atoms with Crippen LogP contribution in [0.1, 0.15) is 22.3 Å². The van der Waals surface area contributed by atoms with E-state index >= 15 is 0 Å². The summed E-state index contributed by atoms with van der Waals surface area (Å²) in [6.45, 7) is 1.36. The molecular weight excluding hydrogens is 262 g/mol. The molecule has 0 unspecified atom stereocenters. The average molecular weight is 277 g/mol. The van der Waals surface area contributed by atoms with Gasteiger partial charge in [0, 0.05) is 12.1 Å². The van der Waals surface area contributed by atoms with Crippen molar-refractivity contribution in [3.05, 3.63) is 70.8 Å². The van der Waals surface area contributed by atoms with Crippen molar-refractivity contribution in [1.82, 2.24) is 4.90 Å². The van der Waals surface area contributed by atoms with Crippen LogP contribution in [0.3, 0.4) is 0 Å². The molecule has 0 radical (unpaired) electrons. The van der Waals surface area contributed by atoms with Crippen molar-refractivity contribution < 1.29 is 9.53 Å². The number of terminal acetylenes is 1. The first-order valence-electron chi connectivity index (χ1n) is 6.81. The van der Waals surface area contributed by atoms with Gasteiger partial charge in [-0.1, -0.05) is 48.4 Å². The van der Waals surface area contributed by atoms with Crippen LogP contribution in [0.2, 0.25) is 0 Å². The Labute approximate surface area is 124 Å². The second-order valence-corrected chi connectivity index (χ2v) is 4.98. The van der Waals surface area contributed by atoms with Crippen LogP contribution in [0.15, 0.2) is 48.5 Å². The summed E-state index contributed by atoms with van der Waals surface area (Å²) in [7, 11) is 0. The van der Waals surface area contributed by atoms with Crippen LogP contribution in [0.25, 0.3) is 0 Å². The Morgan fingerprint density at radius 1 is 1.14 bits per heavy atom. The molecule has 0 saturated heterocycles. The third-order valence-corrected chi connectivity index (χ3v) is 3.60. The lowest BCUT2D eigenvalue weighted by atomic mass is 10.0. The first-order valence-corrected chi connectivity index (χ1v) is 6.81. The van der Waals surface area contributed by atoms with E-state index in [0.29, 0.717) is 13.1 Å². The molecule has 2 aromatic rings. The van der Waals surface area contributed by atoms with E-state index in [2.05, 4.69) is 5.92 Å². The maximum atomic E-state index is 12.1. The van der Waals surface area contributed by atoms with E-state index in [-0.39, 0.29) is 12.7 Å². The summed E-state index contributed by atoms with van der Waals surface area (Å²) in [6.07, 6.45) is 5.19. The number of hydrogen-bond donors (Lipinski definition) is 0. The van der Waals surface area contributed by atoms with Crippen LogP contribution in [0.4, 0.5) is 4.79 Å². The van der Waals surface area contributed by atoms with E-state index in [0.717, 1.165) is 22.3 Å². The van der Waals surface area contributed by atoms with E-state index in [1.807, 2.05) is 48.5 Å². The second-order valence-electron chi connectivity index (χ2n) is 4.98. The molecule has 1 aliphatic rings. The molecule has 0 saturated carbocycles. The molecule has 0 bridgehead atoms. The lowest BCUT2D eigenvalue weighted by molar-refractivity contribution is 0.0955. The fourth-order valence-corrected chi connectivity index (χ4v) is 2.50. The Balaban J connectivity index is 1.65. The lowest BCUT2D eigenvalue weighted by Gasteiger charge is -2.15. The topological polar surface area (TPSA) is 29.5 Å². The molecule has 104 valence electrons. The Bertz CT molecular complexity index is 701. The summed E-state index contributed by atoms with van der Waals surface area (Å²) in [5.41, 5.74) is 3.98. The molecular formula is C18H15NO2. The van der Waals surface area contributed by atoms with Gasteiger partial charge in [-0.05, 0) is 22.8 Å². The van der Waals surface area contributed by atoms with Crippen molar-refractivity contribution in [3.8, 4) is 12.3 Å². The molecule has 1 heterocycles. The van der Waals surface area contributed by atoms with Gasteiger partial charge in [0.15, 0.2) is 0 Å². The van der Waals surface area contributed by atoms with Crippen LogP contribution < -0.4 is 0 Å². The van der Waals surface area contributed by atoms with Crippen molar-refractivity contribution in [2.75, 3.05) is 0 Å². The molecule has 0 fully saturated rings. The van der Waals surface area contributed by atoms with Crippen LogP contribution in [-0.4, -0.2) is 11.0 Å². The van der Waals surface area contributed by atoms with Gasteiger partial charge in [0.1, 0.15) is 6.61 Å². The third-order valence-electron chi connectivity index (χ3n) is 3.60. The fraction of sp³-hybridized carbons (Fsp3) is 0.167. The minimum atomic E-state index is -0.307. The van der Waals surface area contributed by atoms with E-state index in [4.69, 9.17) is 11.2 Å². The molecule has 0 spiro atoms. The summed E-state index contributed by atoms with van der Waals surface area (Å²) in [5, 5.41) is 0. The number of nitrogens with zero attached hydrogens (tertiary/aromatic N) is 1. The van der Waals surface area contributed by atoms with Crippen LogP contribution in [-0.2, 0) is 24.4 Å². The van der Waals surface area contributed by atoms with Crippen molar-refractivity contribution in [3.63, 3.8) is 0 Å². The van der Waals surface area contributed by atoms with E-state index < -0.39 is 0 Å². The van der Waals surface area contributed by atoms with Gasteiger partial charge < -0.3 is 4.74 Å². The molecule has 2 aromatic carbocycles. The van der Waals surface area contributed by atoms with Gasteiger partial charge in [0.25, 0.3) is 0 Å². The van der Waals surface area contributed by atoms with Gasteiger partial charge in [-0.25, -0.2) is 4.79 Å². The zero-order valence-corrected chi connectivity index (χ0v) is 11.6. The predicted octanol–water partition coefficient (Wildman–Crippen LogP) is 3.32. The van der Waals surface area contributed by atoms with Crippen molar-refractivity contribution in [2.45, 2.75) is 19.7 Å². The number of benzene rings is 2. The average Bonchev–Trinajstić information content (AvgIpc) is 2.97. The molecule has 0 atom stereocenters. The Morgan fingerprint density at radius 3 is 2.71 bits per heavy atom. The minimum absolute atomic E-state index is 0.286. The number of rotatable bonds is 2. The molecule has 21 heavy (non-hydrogen) atoms. The summed E-state index contributed by atoms with van der Waals surface area (Å²) >= 11 is 0. The van der Waals surface area contributed by atoms with E-state index in [1.54, 1.807) is 4.90 Å². The Hall–Kier alpha value is -2.73. The maximum absolute atomic E-state index is 12.1. The molecule has 1 aliphatic heterocycles. The first-order chi connectivity index (χ1) is 10.3. The lowest BCUT2D eigenvalue weighted by Crippen LogP contribution is -2.26. The molecule has 0 aromatic heterocycles. The van der Waals surface area contributed by atoms with E-state index in [1.165, 1.54) is 0 Å². The Morgan fingerprint density at radius 2 is 1.95 bits per heavy atom. The number of carbonyl (C=O) groups is 1. The molecule has 3 nitrogen and oxygen atoms in total. The maximum Gasteiger partial charge on any atom is 0.410 e. The second kappa shape index (κ2) is 5.72. The number of ether oxygens (including phenoxy) is 1. The van der Waals surface area contributed by atoms with Crippen LogP contribution >= 0.6 is 0 Å².